The molecule has 0 heterocycles. The minimum absolute atomic E-state index is 0.126. The average molecular weight is 204 g/mol. The van der Waals surface area contributed by atoms with Crippen molar-refractivity contribution < 1.29 is 17.9 Å². The van der Waals surface area contributed by atoms with Gasteiger partial charge in [-0.3, -0.25) is 0 Å². The fourth-order valence-corrected chi connectivity index (χ4v) is 0.960. The van der Waals surface area contributed by atoms with Crippen molar-refractivity contribution in [3.63, 3.8) is 0 Å². The van der Waals surface area contributed by atoms with Gasteiger partial charge in [-0.25, -0.2) is 13.2 Å². The van der Waals surface area contributed by atoms with Gasteiger partial charge in [-0.1, -0.05) is 0 Å². The van der Waals surface area contributed by atoms with Crippen LogP contribution in [-0.4, -0.2) is 6.10 Å². The summed E-state index contributed by atoms with van der Waals surface area (Å²) in [6.45, 7) is 3.31. The summed E-state index contributed by atoms with van der Waals surface area (Å²) >= 11 is 0. The van der Waals surface area contributed by atoms with Gasteiger partial charge in [-0.05, 0) is 13.8 Å². The molecule has 0 N–H and O–H groups in total. The SMILES string of the molecule is CC(C)OCc1c(F)cc(F)cc1F. The van der Waals surface area contributed by atoms with Crippen LogP contribution in [0.2, 0.25) is 0 Å². The minimum Gasteiger partial charge on any atom is -0.374 e. The van der Waals surface area contributed by atoms with Crippen LogP contribution in [0, 0.1) is 17.5 Å². The Morgan fingerprint density at radius 1 is 1.14 bits per heavy atom. The van der Waals surface area contributed by atoms with Crippen LogP contribution in [0.3, 0.4) is 0 Å². The summed E-state index contributed by atoms with van der Waals surface area (Å²) in [6, 6.07) is 1.28. The van der Waals surface area contributed by atoms with Gasteiger partial charge in [-0.2, -0.15) is 0 Å². The van der Waals surface area contributed by atoms with Crippen molar-refractivity contribution in [2.24, 2.45) is 0 Å². The molecule has 0 unspecified atom stereocenters. The van der Waals surface area contributed by atoms with Gasteiger partial charge in [-0.15, -0.1) is 0 Å². The zero-order chi connectivity index (χ0) is 10.7. The van der Waals surface area contributed by atoms with Crippen molar-refractivity contribution >= 4 is 0 Å². The van der Waals surface area contributed by atoms with Crippen LogP contribution in [0.1, 0.15) is 19.4 Å². The molecule has 0 radical (unpaired) electrons. The molecule has 0 aliphatic carbocycles. The number of hydrogen-bond donors (Lipinski definition) is 0. The molecule has 0 saturated heterocycles. The van der Waals surface area contributed by atoms with E-state index in [1.165, 1.54) is 0 Å². The first-order valence-corrected chi connectivity index (χ1v) is 4.25. The normalized spacial score (nSPS) is 11.0. The van der Waals surface area contributed by atoms with Crippen LogP contribution in [0.15, 0.2) is 12.1 Å². The summed E-state index contributed by atoms with van der Waals surface area (Å²) in [4.78, 5) is 0. The van der Waals surface area contributed by atoms with E-state index >= 15 is 0 Å². The maximum Gasteiger partial charge on any atom is 0.134 e. The van der Waals surface area contributed by atoms with Crippen LogP contribution in [0.4, 0.5) is 13.2 Å². The molecule has 0 fully saturated rings. The Bertz CT molecular complexity index is 300. The summed E-state index contributed by atoms with van der Waals surface area (Å²) < 4.78 is 43.5. The Morgan fingerprint density at radius 3 is 2.07 bits per heavy atom. The van der Waals surface area contributed by atoms with Crippen molar-refractivity contribution in [1.29, 1.82) is 0 Å². The molecule has 1 aromatic rings. The highest BCUT2D eigenvalue weighted by Crippen LogP contribution is 2.16. The van der Waals surface area contributed by atoms with E-state index in [1.54, 1.807) is 13.8 Å². The van der Waals surface area contributed by atoms with Crippen LogP contribution in [-0.2, 0) is 11.3 Å². The molecule has 78 valence electrons. The molecule has 0 bridgehead atoms. The fourth-order valence-electron chi connectivity index (χ4n) is 0.960. The van der Waals surface area contributed by atoms with E-state index in [0.717, 1.165) is 0 Å². The topological polar surface area (TPSA) is 9.23 Å². The molecule has 1 rings (SSSR count). The van der Waals surface area contributed by atoms with Crippen LogP contribution >= 0.6 is 0 Å². The molecule has 14 heavy (non-hydrogen) atoms. The zero-order valence-corrected chi connectivity index (χ0v) is 7.98. The largest absolute Gasteiger partial charge is 0.374 e. The third-order valence-electron chi connectivity index (χ3n) is 1.67. The van der Waals surface area contributed by atoms with Gasteiger partial charge in [0.2, 0.25) is 0 Å². The van der Waals surface area contributed by atoms with Crippen molar-refractivity contribution in [3.05, 3.63) is 35.1 Å². The lowest BCUT2D eigenvalue weighted by molar-refractivity contribution is 0.0619. The molecule has 1 nitrogen and oxygen atoms in total. The first-order chi connectivity index (χ1) is 6.50. The maximum absolute atomic E-state index is 13.0. The summed E-state index contributed by atoms with van der Waals surface area (Å²) in [5, 5.41) is 0. The quantitative estimate of drug-likeness (QED) is 0.735. The molecule has 0 spiro atoms. The first-order valence-electron chi connectivity index (χ1n) is 4.25. The molecule has 0 saturated carbocycles. The second-order valence-electron chi connectivity index (χ2n) is 3.21. The highest BCUT2D eigenvalue weighted by Gasteiger charge is 2.11. The molecule has 1 aromatic carbocycles. The molecular weight excluding hydrogens is 193 g/mol. The third-order valence-corrected chi connectivity index (χ3v) is 1.67. The minimum atomic E-state index is -0.923. The van der Waals surface area contributed by atoms with Gasteiger partial charge >= 0.3 is 0 Å². The van der Waals surface area contributed by atoms with Crippen LogP contribution in [0.5, 0.6) is 0 Å². The van der Waals surface area contributed by atoms with Gasteiger partial charge < -0.3 is 4.74 Å². The number of rotatable bonds is 3. The number of ether oxygens (including phenoxy) is 1. The second kappa shape index (κ2) is 4.46. The highest BCUT2D eigenvalue weighted by molar-refractivity contribution is 5.19. The summed E-state index contributed by atoms with van der Waals surface area (Å²) in [7, 11) is 0. The molecule has 0 amide bonds. The monoisotopic (exact) mass is 204 g/mol. The third kappa shape index (κ3) is 2.73. The average Bonchev–Trinajstić information content (AvgIpc) is 2.01. The lowest BCUT2D eigenvalue weighted by atomic mass is 10.2. The Kier molecular flexibility index (Phi) is 3.52. The maximum atomic E-state index is 13.0. The molecule has 0 aliphatic heterocycles. The lowest BCUT2D eigenvalue weighted by Gasteiger charge is -2.09. The van der Waals surface area contributed by atoms with E-state index < -0.39 is 17.5 Å². The van der Waals surface area contributed by atoms with Gasteiger partial charge in [0, 0.05) is 17.7 Å². The Balaban J connectivity index is 2.86. The molecular formula is C10H11F3O. The van der Waals surface area contributed by atoms with Gasteiger partial charge in [0.15, 0.2) is 0 Å². The number of benzene rings is 1. The molecule has 0 atom stereocenters. The Labute approximate surface area is 80.5 Å². The van der Waals surface area contributed by atoms with E-state index in [2.05, 4.69) is 0 Å². The summed E-state index contributed by atoms with van der Waals surface area (Å²) in [5.74, 6) is -2.75. The molecule has 4 heteroatoms. The predicted octanol–water partition coefficient (Wildman–Crippen LogP) is 3.03. The van der Waals surface area contributed by atoms with E-state index in [4.69, 9.17) is 4.74 Å². The number of hydrogen-bond acceptors (Lipinski definition) is 1. The first kappa shape index (κ1) is 11.0. The van der Waals surface area contributed by atoms with Crippen LogP contribution in [0.25, 0.3) is 0 Å². The van der Waals surface area contributed by atoms with Crippen LogP contribution < -0.4 is 0 Å². The van der Waals surface area contributed by atoms with Crippen molar-refractivity contribution in [2.45, 2.75) is 26.6 Å². The number of halogens is 3. The lowest BCUT2D eigenvalue weighted by Crippen LogP contribution is -2.06. The predicted molar refractivity (Wildman–Crippen MR) is 46.2 cm³/mol. The fraction of sp³-hybridized carbons (Fsp3) is 0.400. The van der Waals surface area contributed by atoms with E-state index in [-0.39, 0.29) is 18.3 Å². The van der Waals surface area contributed by atoms with Gasteiger partial charge in [0.25, 0.3) is 0 Å². The smallest absolute Gasteiger partial charge is 0.134 e. The highest BCUT2D eigenvalue weighted by atomic mass is 19.1. The van der Waals surface area contributed by atoms with E-state index in [9.17, 15) is 13.2 Å². The van der Waals surface area contributed by atoms with Crippen molar-refractivity contribution in [1.82, 2.24) is 0 Å². The Hall–Kier alpha value is -1.03. The van der Waals surface area contributed by atoms with E-state index in [1.807, 2.05) is 0 Å². The van der Waals surface area contributed by atoms with E-state index in [0.29, 0.717) is 12.1 Å². The van der Waals surface area contributed by atoms with Crippen molar-refractivity contribution in [2.75, 3.05) is 0 Å². The van der Waals surface area contributed by atoms with Gasteiger partial charge in [0.1, 0.15) is 17.5 Å². The summed E-state index contributed by atoms with van der Waals surface area (Å²) in [5.41, 5.74) is -0.236. The van der Waals surface area contributed by atoms with Gasteiger partial charge in [0.05, 0.1) is 12.7 Å². The van der Waals surface area contributed by atoms with Crippen molar-refractivity contribution in [3.8, 4) is 0 Å². The zero-order valence-electron chi connectivity index (χ0n) is 7.98. The Morgan fingerprint density at radius 2 is 1.64 bits per heavy atom. The summed E-state index contributed by atoms with van der Waals surface area (Å²) in [6.07, 6.45) is -0.126. The standard InChI is InChI=1S/C10H11F3O/c1-6(2)14-5-8-9(12)3-7(11)4-10(8)13/h3-4,6H,5H2,1-2H3. The molecule has 0 aliphatic rings. The second-order valence-corrected chi connectivity index (χ2v) is 3.21. The molecule has 0 aromatic heterocycles.